The van der Waals surface area contributed by atoms with Crippen LogP contribution in [0.1, 0.15) is 11.3 Å². The van der Waals surface area contributed by atoms with Gasteiger partial charge in [0.15, 0.2) is 0 Å². The molecule has 0 saturated carbocycles. The van der Waals surface area contributed by atoms with Crippen molar-refractivity contribution in [1.29, 1.82) is 0 Å². The van der Waals surface area contributed by atoms with Crippen LogP contribution in [0.2, 0.25) is 0 Å². The minimum absolute atomic E-state index is 0.129. The number of benzene rings is 1. The first-order valence-corrected chi connectivity index (χ1v) is 7.36. The van der Waals surface area contributed by atoms with Gasteiger partial charge in [0.25, 0.3) is 11.1 Å². The first-order valence-electron chi connectivity index (χ1n) is 6.54. The van der Waals surface area contributed by atoms with Crippen molar-refractivity contribution in [3.05, 3.63) is 70.6 Å². The first kappa shape index (κ1) is 14.5. The fourth-order valence-electron chi connectivity index (χ4n) is 2.00. The summed E-state index contributed by atoms with van der Waals surface area (Å²) < 4.78 is 12.9. The molecule has 0 aliphatic carbocycles. The molecule has 22 heavy (non-hydrogen) atoms. The molecular weight excluding hydrogens is 303 g/mol. The number of amides is 2. The third kappa shape index (κ3) is 3.07. The van der Waals surface area contributed by atoms with Crippen LogP contribution < -0.4 is 0 Å². The molecule has 0 N–H and O–H groups in total. The average molecular weight is 314 g/mol. The Labute approximate surface area is 130 Å². The van der Waals surface area contributed by atoms with Crippen LogP contribution >= 0.6 is 11.8 Å². The maximum atomic E-state index is 12.9. The Hall–Kier alpha value is -2.47. The topological polar surface area (TPSA) is 50.3 Å². The van der Waals surface area contributed by atoms with Crippen LogP contribution in [0.5, 0.6) is 0 Å². The van der Waals surface area contributed by atoms with Crippen molar-refractivity contribution in [1.82, 2.24) is 9.88 Å². The monoisotopic (exact) mass is 314 g/mol. The van der Waals surface area contributed by atoms with Crippen molar-refractivity contribution < 1.29 is 14.0 Å². The van der Waals surface area contributed by atoms with Gasteiger partial charge in [-0.1, -0.05) is 18.2 Å². The van der Waals surface area contributed by atoms with Crippen molar-refractivity contribution in [2.24, 2.45) is 0 Å². The van der Waals surface area contributed by atoms with E-state index >= 15 is 0 Å². The highest BCUT2D eigenvalue weighted by Gasteiger charge is 2.35. The van der Waals surface area contributed by atoms with Crippen LogP contribution in [0.4, 0.5) is 9.18 Å². The largest absolute Gasteiger partial charge is 0.293 e. The van der Waals surface area contributed by atoms with E-state index < -0.39 is 0 Å². The molecule has 1 saturated heterocycles. The molecule has 2 aromatic rings. The molecule has 6 heteroatoms. The summed E-state index contributed by atoms with van der Waals surface area (Å²) in [5.41, 5.74) is 1.32. The molecule has 3 rings (SSSR count). The van der Waals surface area contributed by atoms with Gasteiger partial charge in [-0.2, -0.15) is 0 Å². The van der Waals surface area contributed by atoms with Crippen LogP contribution in [-0.4, -0.2) is 21.0 Å². The van der Waals surface area contributed by atoms with E-state index in [1.165, 1.54) is 12.1 Å². The van der Waals surface area contributed by atoms with E-state index in [9.17, 15) is 14.0 Å². The number of aromatic nitrogens is 1. The number of hydrogen-bond acceptors (Lipinski definition) is 4. The van der Waals surface area contributed by atoms with E-state index in [2.05, 4.69) is 4.98 Å². The normalized spacial score (nSPS) is 16.6. The predicted molar refractivity (Wildman–Crippen MR) is 82.2 cm³/mol. The number of rotatable bonds is 3. The maximum Gasteiger partial charge on any atom is 0.293 e. The molecule has 1 aromatic heterocycles. The zero-order valence-corrected chi connectivity index (χ0v) is 12.2. The second kappa shape index (κ2) is 6.11. The molecule has 1 aliphatic heterocycles. The molecule has 0 bridgehead atoms. The summed E-state index contributed by atoms with van der Waals surface area (Å²) in [6, 6.07) is 11.1. The summed E-state index contributed by atoms with van der Waals surface area (Å²) in [5.74, 6) is -0.710. The Morgan fingerprint density at radius 1 is 1.14 bits per heavy atom. The summed E-state index contributed by atoms with van der Waals surface area (Å²) in [5, 5.41) is -0.337. The summed E-state index contributed by atoms with van der Waals surface area (Å²) in [6.07, 6.45) is 3.21. The van der Waals surface area contributed by atoms with E-state index in [1.807, 2.05) is 6.07 Å². The van der Waals surface area contributed by atoms with Gasteiger partial charge in [0.1, 0.15) is 5.82 Å². The van der Waals surface area contributed by atoms with Crippen molar-refractivity contribution >= 4 is 29.0 Å². The Morgan fingerprint density at radius 2 is 1.91 bits per heavy atom. The number of hydrogen-bond donors (Lipinski definition) is 0. The Kier molecular flexibility index (Phi) is 4.02. The maximum absolute atomic E-state index is 12.9. The number of thioether (sulfide) groups is 1. The lowest BCUT2D eigenvalue weighted by molar-refractivity contribution is -0.123. The van der Waals surface area contributed by atoms with E-state index in [1.54, 1.807) is 36.5 Å². The van der Waals surface area contributed by atoms with Crippen LogP contribution in [-0.2, 0) is 11.3 Å². The number of nitrogens with zero attached hydrogens (tertiary/aromatic N) is 2. The molecule has 2 heterocycles. The smallest absolute Gasteiger partial charge is 0.268 e. The molecule has 1 aliphatic rings. The quantitative estimate of drug-likeness (QED) is 0.814. The van der Waals surface area contributed by atoms with Crippen LogP contribution in [0.25, 0.3) is 6.08 Å². The lowest BCUT2D eigenvalue weighted by Gasteiger charge is -2.12. The fourth-order valence-corrected chi connectivity index (χ4v) is 2.83. The highest BCUT2D eigenvalue weighted by Crippen LogP contribution is 2.32. The van der Waals surface area contributed by atoms with Crippen molar-refractivity contribution in [2.75, 3.05) is 0 Å². The highest BCUT2D eigenvalue weighted by molar-refractivity contribution is 8.18. The second-order valence-corrected chi connectivity index (χ2v) is 5.64. The predicted octanol–water partition coefficient (Wildman–Crippen LogP) is 3.46. The van der Waals surface area contributed by atoms with Gasteiger partial charge in [0.05, 0.1) is 17.1 Å². The van der Waals surface area contributed by atoms with Crippen molar-refractivity contribution in [2.45, 2.75) is 6.54 Å². The first-order chi connectivity index (χ1) is 10.6. The number of halogens is 1. The lowest BCUT2D eigenvalue weighted by atomic mass is 10.2. The van der Waals surface area contributed by atoms with E-state index in [0.29, 0.717) is 16.2 Å². The molecule has 110 valence electrons. The number of imide groups is 1. The van der Waals surface area contributed by atoms with Gasteiger partial charge in [0.2, 0.25) is 0 Å². The second-order valence-electron chi connectivity index (χ2n) is 4.65. The molecule has 0 radical (unpaired) electrons. The fraction of sp³-hybridized carbons (Fsp3) is 0.0625. The van der Waals surface area contributed by atoms with Crippen LogP contribution in [0.15, 0.2) is 53.6 Å². The molecule has 1 fully saturated rings. The van der Waals surface area contributed by atoms with E-state index in [4.69, 9.17) is 0 Å². The number of pyridine rings is 1. The van der Waals surface area contributed by atoms with Gasteiger partial charge in [-0.25, -0.2) is 4.39 Å². The molecule has 2 amide bonds. The van der Waals surface area contributed by atoms with E-state index in [0.717, 1.165) is 16.7 Å². The van der Waals surface area contributed by atoms with Gasteiger partial charge in [0, 0.05) is 6.20 Å². The van der Waals surface area contributed by atoms with Crippen LogP contribution in [0.3, 0.4) is 0 Å². The van der Waals surface area contributed by atoms with E-state index in [-0.39, 0.29) is 23.5 Å². The Balaban J connectivity index is 1.80. The Bertz CT molecular complexity index is 745. The molecule has 1 aromatic carbocycles. The van der Waals surface area contributed by atoms with Gasteiger partial charge >= 0.3 is 0 Å². The summed E-state index contributed by atoms with van der Waals surface area (Å²) >= 11 is 0.883. The van der Waals surface area contributed by atoms with Gasteiger partial charge in [-0.3, -0.25) is 19.5 Å². The van der Waals surface area contributed by atoms with Crippen molar-refractivity contribution in [3.63, 3.8) is 0 Å². The lowest BCUT2D eigenvalue weighted by Crippen LogP contribution is -2.27. The molecule has 4 nitrogen and oxygen atoms in total. The van der Waals surface area contributed by atoms with Gasteiger partial charge in [-0.15, -0.1) is 0 Å². The average Bonchev–Trinajstić information content (AvgIpc) is 2.78. The minimum atomic E-state index is -0.357. The number of carbonyl (C=O) groups is 2. The SMILES string of the molecule is O=C1SC(=Cc2ccccn2)C(=O)N1Cc1ccc(F)cc1. The highest BCUT2D eigenvalue weighted by atomic mass is 32.2. The summed E-state index contributed by atoms with van der Waals surface area (Å²) in [6.45, 7) is 0.129. The molecule has 0 atom stereocenters. The summed E-state index contributed by atoms with van der Waals surface area (Å²) in [7, 11) is 0. The third-order valence-electron chi connectivity index (χ3n) is 3.09. The number of carbonyl (C=O) groups excluding carboxylic acids is 2. The third-order valence-corrected chi connectivity index (χ3v) is 4.00. The minimum Gasteiger partial charge on any atom is -0.268 e. The van der Waals surface area contributed by atoms with Crippen molar-refractivity contribution in [3.8, 4) is 0 Å². The Morgan fingerprint density at radius 3 is 2.59 bits per heavy atom. The van der Waals surface area contributed by atoms with Gasteiger partial charge in [-0.05, 0) is 47.7 Å². The zero-order valence-electron chi connectivity index (χ0n) is 11.4. The molecule has 0 spiro atoms. The standard InChI is InChI=1S/C16H11FN2O2S/c17-12-6-4-11(5-7-12)10-19-15(20)14(22-16(19)21)9-13-3-1-2-8-18-13/h1-9H,10H2. The van der Waals surface area contributed by atoms with Gasteiger partial charge < -0.3 is 0 Å². The molecular formula is C16H11FN2O2S. The zero-order chi connectivity index (χ0) is 15.5. The summed E-state index contributed by atoms with van der Waals surface area (Å²) in [4.78, 5) is 29.9. The molecule has 0 unspecified atom stereocenters. The van der Waals surface area contributed by atoms with Crippen LogP contribution in [0, 0.1) is 5.82 Å².